The van der Waals surface area contributed by atoms with Gasteiger partial charge in [0.25, 0.3) is 5.91 Å². The monoisotopic (exact) mass is 446 g/mol. The van der Waals surface area contributed by atoms with Gasteiger partial charge in [-0.3, -0.25) is 9.69 Å². The number of nitrogens with zero attached hydrogens (tertiary/aromatic N) is 1. The van der Waals surface area contributed by atoms with E-state index < -0.39 is 0 Å². The Balaban J connectivity index is 1.67. The van der Waals surface area contributed by atoms with Crippen molar-refractivity contribution < 1.29 is 19.0 Å². The number of hydrogen-bond acceptors (Lipinski definition) is 5. The van der Waals surface area contributed by atoms with Crippen molar-refractivity contribution in [2.75, 3.05) is 40.0 Å². The van der Waals surface area contributed by atoms with Gasteiger partial charge in [-0.15, -0.1) is 0 Å². The molecule has 1 amide bonds. The zero-order valence-corrected chi connectivity index (χ0v) is 19.2. The molecule has 6 nitrogen and oxygen atoms in total. The summed E-state index contributed by atoms with van der Waals surface area (Å²) in [6.45, 7) is 9.27. The van der Waals surface area contributed by atoms with Gasteiger partial charge in [-0.25, -0.2) is 0 Å². The van der Waals surface area contributed by atoms with E-state index in [0.29, 0.717) is 41.2 Å². The third-order valence-corrected chi connectivity index (χ3v) is 5.39. The predicted molar refractivity (Wildman–Crippen MR) is 122 cm³/mol. The Labute approximate surface area is 189 Å². The Kier molecular flexibility index (Phi) is 8.58. The number of rotatable bonds is 9. The number of nitrogens with one attached hydrogen (secondary N) is 1. The topological polar surface area (TPSA) is 60.0 Å². The normalized spacial score (nSPS) is 14.5. The first-order valence-electron chi connectivity index (χ1n) is 10.6. The number of hydrogen-bond donors (Lipinski definition) is 1. The number of amides is 1. The second-order valence-electron chi connectivity index (χ2n) is 8.03. The van der Waals surface area contributed by atoms with E-state index in [0.717, 1.165) is 38.4 Å². The molecule has 1 aliphatic heterocycles. The summed E-state index contributed by atoms with van der Waals surface area (Å²) in [6.07, 6.45) is 0. The molecule has 7 heteroatoms. The average Bonchev–Trinajstić information content (AvgIpc) is 2.77. The maximum absolute atomic E-state index is 12.8. The highest BCUT2D eigenvalue weighted by Gasteiger charge is 2.17. The van der Waals surface area contributed by atoms with Gasteiger partial charge in [-0.1, -0.05) is 49.7 Å². The second-order valence-corrected chi connectivity index (χ2v) is 8.44. The molecule has 0 radical (unpaired) electrons. The third kappa shape index (κ3) is 6.60. The van der Waals surface area contributed by atoms with Crippen LogP contribution < -0.4 is 14.8 Å². The van der Waals surface area contributed by atoms with Gasteiger partial charge < -0.3 is 19.5 Å². The lowest BCUT2D eigenvalue weighted by molar-refractivity contribution is 0.0340. The minimum atomic E-state index is -0.211. The molecule has 1 aliphatic rings. The SMILES string of the molecule is COc1cc(C(=O)NCc2ccccc2CN2CCOCC2)cc(Cl)c1OCC(C)C. The fourth-order valence-electron chi connectivity index (χ4n) is 3.40. The quantitative estimate of drug-likeness (QED) is 0.627. The lowest BCUT2D eigenvalue weighted by atomic mass is 10.1. The van der Waals surface area contributed by atoms with Crippen molar-refractivity contribution in [1.82, 2.24) is 10.2 Å². The molecule has 0 unspecified atom stereocenters. The highest BCUT2D eigenvalue weighted by molar-refractivity contribution is 6.32. The highest BCUT2D eigenvalue weighted by Crippen LogP contribution is 2.36. The number of morpholine rings is 1. The number of halogens is 1. The largest absolute Gasteiger partial charge is 0.493 e. The zero-order chi connectivity index (χ0) is 22.2. The first-order valence-corrected chi connectivity index (χ1v) is 11.0. The molecule has 0 saturated carbocycles. The molecule has 31 heavy (non-hydrogen) atoms. The van der Waals surface area contributed by atoms with Crippen molar-refractivity contribution in [1.29, 1.82) is 0 Å². The van der Waals surface area contributed by atoms with Crippen LogP contribution >= 0.6 is 11.6 Å². The predicted octanol–water partition coefficient (Wildman–Crippen LogP) is 4.15. The Hall–Kier alpha value is -2.28. The van der Waals surface area contributed by atoms with Crippen LogP contribution in [0.25, 0.3) is 0 Å². The lowest BCUT2D eigenvalue weighted by Gasteiger charge is -2.27. The summed E-state index contributed by atoms with van der Waals surface area (Å²) in [5.41, 5.74) is 2.74. The van der Waals surface area contributed by atoms with Crippen LogP contribution in [0.1, 0.15) is 35.3 Å². The van der Waals surface area contributed by atoms with Gasteiger partial charge in [-0.05, 0) is 29.2 Å². The van der Waals surface area contributed by atoms with E-state index in [-0.39, 0.29) is 5.91 Å². The number of ether oxygens (including phenoxy) is 3. The molecule has 1 heterocycles. The van der Waals surface area contributed by atoms with Gasteiger partial charge in [0.2, 0.25) is 0 Å². The first kappa shape index (κ1) is 23.4. The van der Waals surface area contributed by atoms with E-state index in [4.69, 9.17) is 25.8 Å². The van der Waals surface area contributed by atoms with Crippen LogP contribution in [0.15, 0.2) is 36.4 Å². The maximum atomic E-state index is 12.8. The number of carbonyl (C=O) groups is 1. The molecule has 1 N–H and O–H groups in total. The molecule has 0 bridgehead atoms. The minimum absolute atomic E-state index is 0.211. The van der Waals surface area contributed by atoms with Crippen LogP contribution in [0.4, 0.5) is 0 Å². The van der Waals surface area contributed by atoms with E-state index >= 15 is 0 Å². The van der Waals surface area contributed by atoms with Gasteiger partial charge in [0.1, 0.15) is 0 Å². The molecule has 0 aromatic heterocycles. The van der Waals surface area contributed by atoms with Gasteiger partial charge in [0.05, 0.1) is 32.0 Å². The van der Waals surface area contributed by atoms with Crippen LogP contribution in [0, 0.1) is 5.92 Å². The molecule has 0 spiro atoms. The lowest BCUT2D eigenvalue weighted by Crippen LogP contribution is -2.36. The summed E-state index contributed by atoms with van der Waals surface area (Å²) < 4.78 is 16.6. The number of benzene rings is 2. The molecule has 1 saturated heterocycles. The molecular formula is C24H31ClN2O4. The molecule has 2 aromatic rings. The first-order chi connectivity index (χ1) is 15.0. The second kappa shape index (κ2) is 11.4. The fraction of sp³-hybridized carbons (Fsp3) is 0.458. The van der Waals surface area contributed by atoms with Crippen molar-refractivity contribution in [2.24, 2.45) is 5.92 Å². The van der Waals surface area contributed by atoms with Crippen molar-refractivity contribution in [3.05, 3.63) is 58.1 Å². The summed E-state index contributed by atoms with van der Waals surface area (Å²) in [6, 6.07) is 11.5. The zero-order valence-electron chi connectivity index (χ0n) is 18.4. The Morgan fingerprint density at radius 1 is 1.19 bits per heavy atom. The van der Waals surface area contributed by atoms with E-state index in [1.165, 1.54) is 12.7 Å². The van der Waals surface area contributed by atoms with Crippen LogP contribution in [0.3, 0.4) is 0 Å². The Bertz CT molecular complexity index is 882. The van der Waals surface area contributed by atoms with Crippen molar-refractivity contribution in [3.63, 3.8) is 0 Å². The van der Waals surface area contributed by atoms with Gasteiger partial charge in [-0.2, -0.15) is 0 Å². The van der Waals surface area contributed by atoms with Crippen LogP contribution in [0.5, 0.6) is 11.5 Å². The van der Waals surface area contributed by atoms with E-state index in [2.05, 4.69) is 30.1 Å². The number of carbonyl (C=O) groups excluding carboxylic acids is 1. The van der Waals surface area contributed by atoms with Crippen molar-refractivity contribution in [2.45, 2.75) is 26.9 Å². The summed E-state index contributed by atoms with van der Waals surface area (Å²) >= 11 is 6.39. The average molecular weight is 447 g/mol. The van der Waals surface area contributed by atoms with Crippen LogP contribution in [-0.2, 0) is 17.8 Å². The molecule has 0 atom stereocenters. The molecule has 168 valence electrons. The molecular weight excluding hydrogens is 416 g/mol. The Morgan fingerprint density at radius 2 is 1.90 bits per heavy atom. The van der Waals surface area contributed by atoms with Crippen LogP contribution in [-0.4, -0.2) is 50.8 Å². The summed E-state index contributed by atoms with van der Waals surface area (Å²) in [7, 11) is 1.54. The van der Waals surface area contributed by atoms with Crippen molar-refractivity contribution in [3.8, 4) is 11.5 Å². The molecule has 0 aliphatic carbocycles. The van der Waals surface area contributed by atoms with Gasteiger partial charge >= 0.3 is 0 Å². The standard InChI is InChI=1S/C24H31ClN2O4/c1-17(2)16-31-23-21(25)12-20(13-22(23)29-3)24(28)26-14-18-6-4-5-7-19(18)15-27-8-10-30-11-9-27/h4-7,12-13,17H,8-11,14-16H2,1-3H3,(H,26,28). The minimum Gasteiger partial charge on any atom is -0.493 e. The highest BCUT2D eigenvalue weighted by atomic mass is 35.5. The molecule has 3 rings (SSSR count). The van der Waals surface area contributed by atoms with Crippen molar-refractivity contribution >= 4 is 17.5 Å². The summed E-state index contributed by atoms with van der Waals surface area (Å²) in [5, 5.41) is 3.36. The fourth-order valence-corrected chi connectivity index (χ4v) is 3.67. The van der Waals surface area contributed by atoms with E-state index in [9.17, 15) is 4.79 Å². The maximum Gasteiger partial charge on any atom is 0.251 e. The van der Waals surface area contributed by atoms with Gasteiger partial charge in [0, 0.05) is 31.7 Å². The third-order valence-electron chi connectivity index (χ3n) is 5.11. The van der Waals surface area contributed by atoms with E-state index in [1.807, 2.05) is 18.2 Å². The van der Waals surface area contributed by atoms with Crippen LogP contribution in [0.2, 0.25) is 5.02 Å². The molecule has 2 aromatic carbocycles. The summed E-state index contributed by atoms with van der Waals surface area (Å²) in [5.74, 6) is 1.05. The summed E-state index contributed by atoms with van der Waals surface area (Å²) in [4.78, 5) is 15.2. The molecule has 1 fully saturated rings. The number of methoxy groups -OCH3 is 1. The Morgan fingerprint density at radius 3 is 2.58 bits per heavy atom. The van der Waals surface area contributed by atoms with Gasteiger partial charge in [0.15, 0.2) is 11.5 Å². The van der Waals surface area contributed by atoms with E-state index in [1.54, 1.807) is 12.1 Å². The smallest absolute Gasteiger partial charge is 0.251 e.